The second kappa shape index (κ2) is 7.08. The molecule has 1 aliphatic carbocycles. The van der Waals surface area contributed by atoms with Gasteiger partial charge in [0.15, 0.2) is 0 Å². The van der Waals surface area contributed by atoms with Gasteiger partial charge in [-0.05, 0) is 48.0 Å². The number of aromatic nitrogens is 2. The first-order valence-corrected chi connectivity index (χ1v) is 7.94. The Bertz CT molecular complexity index is 414. The Morgan fingerprint density at radius 2 is 2.21 bits per heavy atom. The molecule has 1 aromatic rings. The molecule has 2 atom stereocenters. The van der Waals surface area contributed by atoms with Gasteiger partial charge in [-0.25, -0.2) is 9.97 Å². The van der Waals surface area contributed by atoms with E-state index in [4.69, 9.17) is 4.74 Å². The van der Waals surface area contributed by atoms with Crippen LogP contribution < -0.4 is 10.1 Å². The fraction of sp³-hybridized carbons (Fsp3) is 0.714. The van der Waals surface area contributed by atoms with Gasteiger partial charge in [-0.15, -0.1) is 0 Å². The van der Waals surface area contributed by atoms with E-state index in [9.17, 15) is 0 Å². The van der Waals surface area contributed by atoms with Crippen LogP contribution in [0.1, 0.15) is 46.0 Å². The van der Waals surface area contributed by atoms with E-state index in [-0.39, 0.29) is 0 Å². The molecule has 4 nitrogen and oxygen atoms in total. The van der Waals surface area contributed by atoms with Gasteiger partial charge in [0.2, 0.25) is 5.88 Å². The van der Waals surface area contributed by atoms with Crippen LogP contribution in [0, 0.1) is 5.92 Å². The van der Waals surface area contributed by atoms with E-state index in [0.29, 0.717) is 12.0 Å². The van der Waals surface area contributed by atoms with Crippen LogP contribution in [0.25, 0.3) is 0 Å². The van der Waals surface area contributed by atoms with Crippen LogP contribution in [0.15, 0.2) is 10.8 Å². The highest BCUT2D eigenvalue weighted by Gasteiger charge is 2.23. The Kier molecular flexibility index (Phi) is 5.43. The summed E-state index contributed by atoms with van der Waals surface area (Å²) in [6, 6.07) is 0. The zero-order valence-corrected chi connectivity index (χ0v) is 13.2. The molecule has 0 spiro atoms. The number of hydrogen-bond acceptors (Lipinski definition) is 4. The second-order valence-corrected chi connectivity index (χ2v) is 5.85. The third-order valence-electron chi connectivity index (χ3n) is 3.69. The molecule has 5 heteroatoms. The maximum absolute atomic E-state index is 6.07. The maximum atomic E-state index is 6.07. The normalized spacial score (nSPS) is 23.1. The molecule has 0 aromatic carbocycles. The lowest BCUT2D eigenvalue weighted by molar-refractivity contribution is 0.116. The zero-order chi connectivity index (χ0) is 13.7. The lowest BCUT2D eigenvalue weighted by Gasteiger charge is -2.28. The average Bonchev–Trinajstić information content (AvgIpc) is 2.44. The summed E-state index contributed by atoms with van der Waals surface area (Å²) in [5.41, 5.74) is 0. The third-order valence-corrected chi connectivity index (χ3v) is 4.41. The molecule has 19 heavy (non-hydrogen) atoms. The highest BCUT2D eigenvalue weighted by molar-refractivity contribution is 9.10. The molecule has 1 fully saturated rings. The molecule has 1 heterocycles. The molecule has 2 unspecified atom stereocenters. The first kappa shape index (κ1) is 14.6. The van der Waals surface area contributed by atoms with E-state index in [2.05, 4.69) is 38.1 Å². The topological polar surface area (TPSA) is 47.0 Å². The van der Waals surface area contributed by atoms with Crippen molar-refractivity contribution in [3.8, 4) is 5.88 Å². The predicted octanol–water partition coefficient (Wildman–Crippen LogP) is 4.02. The molecular weight excluding hydrogens is 306 g/mol. The van der Waals surface area contributed by atoms with Gasteiger partial charge in [-0.1, -0.05) is 19.8 Å². The van der Waals surface area contributed by atoms with Crippen LogP contribution in [0.4, 0.5) is 5.82 Å². The third kappa shape index (κ3) is 3.81. The van der Waals surface area contributed by atoms with Gasteiger partial charge < -0.3 is 10.1 Å². The van der Waals surface area contributed by atoms with E-state index >= 15 is 0 Å². The van der Waals surface area contributed by atoms with Crippen molar-refractivity contribution in [2.45, 2.75) is 52.1 Å². The van der Waals surface area contributed by atoms with Crippen molar-refractivity contribution >= 4 is 21.7 Å². The van der Waals surface area contributed by atoms with Crippen molar-refractivity contribution in [2.24, 2.45) is 5.92 Å². The predicted molar refractivity (Wildman–Crippen MR) is 80.6 cm³/mol. The number of nitrogens with one attached hydrogen (secondary N) is 1. The molecule has 106 valence electrons. The van der Waals surface area contributed by atoms with Gasteiger partial charge in [-0.3, -0.25) is 0 Å². The molecule has 0 aliphatic heterocycles. The molecule has 2 rings (SSSR count). The molecule has 1 N–H and O–H groups in total. The second-order valence-electron chi connectivity index (χ2n) is 5.05. The fourth-order valence-electron chi connectivity index (χ4n) is 2.60. The van der Waals surface area contributed by atoms with Crippen molar-refractivity contribution in [3.63, 3.8) is 0 Å². The average molecular weight is 328 g/mol. The van der Waals surface area contributed by atoms with Gasteiger partial charge in [0.1, 0.15) is 22.7 Å². The highest BCUT2D eigenvalue weighted by atomic mass is 79.9. The minimum Gasteiger partial charge on any atom is -0.473 e. The van der Waals surface area contributed by atoms with Crippen LogP contribution in [0.5, 0.6) is 5.88 Å². The van der Waals surface area contributed by atoms with Gasteiger partial charge in [-0.2, -0.15) is 0 Å². The Balaban J connectivity index is 2.04. The summed E-state index contributed by atoms with van der Waals surface area (Å²) >= 11 is 3.53. The van der Waals surface area contributed by atoms with Crippen molar-refractivity contribution in [1.29, 1.82) is 0 Å². The summed E-state index contributed by atoms with van der Waals surface area (Å²) in [6.45, 7) is 5.13. The van der Waals surface area contributed by atoms with Gasteiger partial charge in [0, 0.05) is 6.54 Å². The van der Waals surface area contributed by atoms with Crippen molar-refractivity contribution in [3.05, 3.63) is 10.8 Å². The molecule has 1 aromatic heterocycles. The number of ether oxygens (including phenoxy) is 1. The standard InChI is InChI=1S/C14H22BrN3O/c1-3-10-6-5-7-11(8-10)19-14-12(15)13(16-4-2)17-9-18-14/h9-11H,3-8H2,1-2H3,(H,16,17,18). The molecule has 0 radical (unpaired) electrons. The highest BCUT2D eigenvalue weighted by Crippen LogP contribution is 2.33. The fourth-order valence-corrected chi connectivity index (χ4v) is 3.04. The minimum absolute atomic E-state index is 0.291. The Morgan fingerprint density at radius 1 is 1.37 bits per heavy atom. The number of nitrogens with zero attached hydrogens (tertiary/aromatic N) is 2. The van der Waals surface area contributed by atoms with Crippen molar-refractivity contribution < 1.29 is 4.74 Å². The zero-order valence-electron chi connectivity index (χ0n) is 11.7. The Hall–Kier alpha value is -0.840. The number of rotatable bonds is 5. The van der Waals surface area contributed by atoms with Gasteiger partial charge >= 0.3 is 0 Å². The summed E-state index contributed by atoms with van der Waals surface area (Å²) in [7, 11) is 0. The van der Waals surface area contributed by atoms with Crippen LogP contribution in [0.2, 0.25) is 0 Å². The van der Waals surface area contributed by atoms with E-state index < -0.39 is 0 Å². The summed E-state index contributed by atoms with van der Waals surface area (Å²) in [6.07, 6.45) is 7.95. The van der Waals surface area contributed by atoms with Gasteiger partial charge in [0.25, 0.3) is 0 Å². The van der Waals surface area contributed by atoms with Crippen LogP contribution in [-0.2, 0) is 0 Å². The largest absolute Gasteiger partial charge is 0.473 e. The number of anilines is 1. The number of halogens is 1. The lowest BCUT2D eigenvalue weighted by atomic mass is 9.85. The first-order valence-electron chi connectivity index (χ1n) is 7.15. The summed E-state index contributed by atoms with van der Waals surface area (Å²) < 4.78 is 6.90. The molecule has 1 aliphatic rings. The Morgan fingerprint density at radius 3 is 2.95 bits per heavy atom. The van der Waals surface area contributed by atoms with Crippen molar-refractivity contribution in [2.75, 3.05) is 11.9 Å². The number of hydrogen-bond donors (Lipinski definition) is 1. The van der Waals surface area contributed by atoms with Gasteiger partial charge in [0.05, 0.1) is 0 Å². The quantitative estimate of drug-likeness (QED) is 0.887. The van der Waals surface area contributed by atoms with E-state index in [0.717, 1.165) is 35.6 Å². The Labute approximate surface area is 123 Å². The van der Waals surface area contributed by atoms with Crippen LogP contribution >= 0.6 is 15.9 Å². The summed E-state index contributed by atoms with van der Waals surface area (Å²) in [5.74, 6) is 2.26. The van der Waals surface area contributed by atoms with E-state index in [1.807, 2.05) is 6.92 Å². The smallest absolute Gasteiger partial charge is 0.233 e. The maximum Gasteiger partial charge on any atom is 0.233 e. The lowest BCUT2D eigenvalue weighted by Crippen LogP contribution is -2.25. The minimum atomic E-state index is 0.291. The van der Waals surface area contributed by atoms with E-state index in [1.165, 1.54) is 19.3 Å². The molecule has 0 saturated heterocycles. The van der Waals surface area contributed by atoms with Crippen molar-refractivity contribution in [1.82, 2.24) is 9.97 Å². The molecule has 0 bridgehead atoms. The summed E-state index contributed by atoms with van der Waals surface area (Å²) in [5, 5.41) is 3.20. The summed E-state index contributed by atoms with van der Waals surface area (Å²) in [4.78, 5) is 8.45. The SMILES string of the molecule is CCNc1ncnc(OC2CCCC(CC)C2)c1Br. The van der Waals surface area contributed by atoms with E-state index in [1.54, 1.807) is 6.33 Å². The first-order chi connectivity index (χ1) is 9.24. The molecule has 0 amide bonds. The monoisotopic (exact) mass is 327 g/mol. The van der Waals surface area contributed by atoms with Crippen LogP contribution in [0.3, 0.4) is 0 Å². The molecule has 1 saturated carbocycles. The van der Waals surface area contributed by atoms with Crippen LogP contribution in [-0.4, -0.2) is 22.6 Å². The molecular formula is C14H22BrN3O.